The summed E-state index contributed by atoms with van der Waals surface area (Å²) < 4.78 is 5.39. The van der Waals surface area contributed by atoms with Crippen LogP contribution in [0, 0.1) is 6.92 Å². The van der Waals surface area contributed by atoms with Crippen molar-refractivity contribution in [2.45, 2.75) is 13.5 Å². The summed E-state index contributed by atoms with van der Waals surface area (Å²) in [5.74, 6) is -2.77. The number of hydrogen-bond donors (Lipinski definition) is 4. The zero-order valence-electron chi connectivity index (χ0n) is 16.2. The molecule has 0 atom stereocenters. The van der Waals surface area contributed by atoms with Crippen LogP contribution >= 0.6 is 0 Å². The van der Waals surface area contributed by atoms with Gasteiger partial charge in [-0.3, -0.25) is 19.2 Å². The van der Waals surface area contributed by atoms with E-state index in [-0.39, 0.29) is 18.8 Å². The molecule has 4 N–H and O–H groups in total. The molecule has 0 saturated carbocycles. The van der Waals surface area contributed by atoms with Gasteiger partial charge in [0, 0.05) is 12.2 Å². The lowest BCUT2D eigenvalue weighted by molar-refractivity contribution is -0.139. The summed E-state index contributed by atoms with van der Waals surface area (Å²) in [6.07, 6.45) is 2.62. The third-order valence-corrected chi connectivity index (χ3v) is 3.59. The van der Waals surface area contributed by atoms with E-state index in [2.05, 4.69) is 27.6 Å². The molecule has 0 spiro atoms. The smallest absolute Gasteiger partial charge is 0.329 e. The molecule has 30 heavy (non-hydrogen) atoms. The molecule has 0 bridgehead atoms. The molecule has 0 fully saturated rings. The summed E-state index contributed by atoms with van der Waals surface area (Å²) >= 11 is 0. The largest absolute Gasteiger partial charge is 0.458 e. The van der Waals surface area contributed by atoms with Gasteiger partial charge in [0.1, 0.15) is 11.5 Å². The van der Waals surface area contributed by atoms with Crippen LogP contribution in [0.3, 0.4) is 0 Å². The molecule has 1 aromatic heterocycles. The summed E-state index contributed by atoms with van der Waals surface area (Å²) in [4.78, 5) is 46.6. The van der Waals surface area contributed by atoms with Gasteiger partial charge in [-0.15, -0.1) is 6.58 Å². The standard InChI is InChI=1S/C20H21N5O5/c1-3-10-21-18(27)20(29)25-23-12-16-9-8-15(30-16)11-22-17(26)19(28)24-14-6-4-13(2)5-7-14/h3-9,12H,1,10-11H2,2H3,(H,21,27)(H,22,26)(H,24,28)(H,25,29)/b23-12+. The van der Waals surface area contributed by atoms with Crippen molar-refractivity contribution in [3.63, 3.8) is 0 Å². The average molecular weight is 411 g/mol. The molecule has 156 valence electrons. The lowest BCUT2D eigenvalue weighted by Crippen LogP contribution is -2.37. The third kappa shape index (κ3) is 7.08. The van der Waals surface area contributed by atoms with Crippen molar-refractivity contribution in [2.24, 2.45) is 5.10 Å². The lowest BCUT2D eigenvalue weighted by Gasteiger charge is -2.05. The quantitative estimate of drug-likeness (QED) is 0.228. The summed E-state index contributed by atoms with van der Waals surface area (Å²) in [7, 11) is 0. The lowest BCUT2D eigenvalue weighted by atomic mass is 10.2. The minimum absolute atomic E-state index is 0.0235. The van der Waals surface area contributed by atoms with Crippen molar-refractivity contribution in [1.29, 1.82) is 0 Å². The molecular formula is C20H21N5O5. The molecule has 0 aliphatic rings. The van der Waals surface area contributed by atoms with Crippen molar-refractivity contribution in [3.05, 3.63) is 66.1 Å². The molecule has 0 unspecified atom stereocenters. The second-order valence-electron chi connectivity index (χ2n) is 6.00. The van der Waals surface area contributed by atoms with Gasteiger partial charge in [0.25, 0.3) is 0 Å². The first kappa shape index (κ1) is 22.1. The molecule has 10 nitrogen and oxygen atoms in total. The first-order chi connectivity index (χ1) is 14.4. The Hall–Kier alpha value is -4.21. The summed E-state index contributed by atoms with van der Waals surface area (Å²) in [5, 5.41) is 10.8. The fourth-order valence-electron chi connectivity index (χ4n) is 2.08. The van der Waals surface area contributed by atoms with E-state index in [1.807, 2.05) is 24.5 Å². The van der Waals surface area contributed by atoms with Crippen molar-refractivity contribution >= 4 is 35.5 Å². The number of benzene rings is 1. The van der Waals surface area contributed by atoms with Gasteiger partial charge in [-0.1, -0.05) is 23.8 Å². The van der Waals surface area contributed by atoms with Gasteiger partial charge in [-0.25, -0.2) is 5.43 Å². The van der Waals surface area contributed by atoms with Gasteiger partial charge in [0.15, 0.2) is 0 Å². The van der Waals surface area contributed by atoms with Gasteiger partial charge in [0.05, 0.1) is 12.8 Å². The van der Waals surface area contributed by atoms with Crippen LogP contribution in [0.2, 0.25) is 0 Å². The number of rotatable bonds is 7. The van der Waals surface area contributed by atoms with Crippen LogP contribution in [0.4, 0.5) is 5.69 Å². The van der Waals surface area contributed by atoms with E-state index in [0.29, 0.717) is 11.4 Å². The van der Waals surface area contributed by atoms with Gasteiger partial charge in [-0.05, 0) is 31.2 Å². The highest BCUT2D eigenvalue weighted by Crippen LogP contribution is 2.08. The fourth-order valence-corrected chi connectivity index (χ4v) is 2.08. The monoisotopic (exact) mass is 411 g/mol. The first-order valence-electron chi connectivity index (χ1n) is 8.85. The van der Waals surface area contributed by atoms with E-state index >= 15 is 0 Å². The second kappa shape index (κ2) is 11.0. The number of carbonyl (C=O) groups is 4. The maximum absolute atomic E-state index is 11.9. The Morgan fingerprint density at radius 1 is 0.967 bits per heavy atom. The number of anilines is 1. The van der Waals surface area contributed by atoms with Gasteiger partial charge < -0.3 is 20.4 Å². The number of aryl methyl sites for hydroxylation is 1. The Morgan fingerprint density at radius 2 is 1.67 bits per heavy atom. The molecule has 2 rings (SSSR count). The van der Waals surface area contributed by atoms with Crippen LogP contribution < -0.4 is 21.4 Å². The molecule has 10 heteroatoms. The Balaban J connectivity index is 1.78. The highest BCUT2D eigenvalue weighted by Gasteiger charge is 2.14. The zero-order valence-corrected chi connectivity index (χ0v) is 16.2. The second-order valence-corrected chi connectivity index (χ2v) is 6.00. The van der Waals surface area contributed by atoms with Gasteiger partial charge >= 0.3 is 23.6 Å². The number of hydrazone groups is 1. The van der Waals surface area contributed by atoms with E-state index in [1.54, 1.807) is 24.3 Å². The predicted molar refractivity (Wildman–Crippen MR) is 109 cm³/mol. The van der Waals surface area contributed by atoms with Crippen LogP contribution in [0.15, 0.2) is 58.6 Å². The van der Waals surface area contributed by atoms with Crippen molar-refractivity contribution in [2.75, 3.05) is 11.9 Å². The Bertz CT molecular complexity index is 962. The fraction of sp³-hybridized carbons (Fsp3) is 0.150. The normalized spacial score (nSPS) is 10.3. The highest BCUT2D eigenvalue weighted by atomic mass is 16.3. The van der Waals surface area contributed by atoms with Gasteiger partial charge in [0.2, 0.25) is 0 Å². The number of nitrogens with one attached hydrogen (secondary N) is 4. The molecular weight excluding hydrogens is 390 g/mol. The van der Waals surface area contributed by atoms with E-state index in [0.717, 1.165) is 5.56 Å². The van der Waals surface area contributed by atoms with Crippen LogP contribution in [0.5, 0.6) is 0 Å². The van der Waals surface area contributed by atoms with Crippen molar-refractivity contribution < 1.29 is 23.6 Å². The number of furan rings is 1. The van der Waals surface area contributed by atoms with E-state index in [4.69, 9.17) is 4.42 Å². The average Bonchev–Trinajstić information content (AvgIpc) is 3.19. The van der Waals surface area contributed by atoms with Crippen LogP contribution in [0.25, 0.3) is 0 Å². The number of carbonyl (C=O) groups excluding carboxylic acids is 4. The van der Waals surface area contributed by atoms with E-state index in [1.165, 1.54) is 12.3 Å². The Kier molecular flexibility index (Phi) is 8.06. The van der Waals surface area contributed by atoms with Crippen LogP contribution in [-0.4, -0.2) is 36.4 Å². The zero-order chi connectivity index (χ0) is 21.9. The number of nitrogens with zero attached hydrogens (tertiary/aromatic N) is 1. The molecule has 0 aliphatic heterocycles. The topological polar surface area (TPSA) is 142 Å². The molecule has 2 aromatic rings. The molecule has 1 heterocycles. The van der Waals surface area contributed by atoms with Crippen LogP contribution in [-0.2, 0) is 25.7 Å². The molecule has 0 radical (unpaired) electrons. The maximum Gasteiger partial charge on any atom is 0.329 e. The van der Waals surface area contributed by atoms with Crippen molar-refractivity contribution in [1.82, 2.24) is 16.1 Å². The van der Waals surface area contributed by atoms with Gasteiger partial charge in [-0.2, -0.15) is 5.10 Å². The van der Waals surface area contributed by atoms with Crippen LogP contribution in [0.1, 0.15) is 17.1 Å². The van der Waals surface area contributed by atoms with E-state index in [9.17, 15) is 19.2 Å². The Labute approximate surface area is 172 Å². The van der Waals surface area contributed by atoms with E-state index < -0.39 is 23.6 Å². The number of hydrogen-bond acceptors (Lipinski definition) is 6. The highest BCUT2D eigenvalue weighted by molar-refractivity contribution is 6.39. The maximum atomic E-state index is 11.9. The molecule has 0 saturated heterocycles. The minimum atomic E-state index is -0.938. The van der Waals surface area contributed by atoms with Crippen molar-refractivity contribution in [3.8, 4) is 0 Å². The third-order valence-electron chi connectivity index (χ3n) is 3.59. The predicted octanol–water partition coefficient (Wildman–Crippen LogP) is 0.595. The first-order valence-corrected chi connectivity index (χ1v) is 8.85. The molecule has 0 aliphatic carbocycles. The minimum Gasteiger partial charge on any atom is -0.458 e. The SMILES string of the molecule is C=CCNC(=O)C(=O)N/N=C/c1ccc(CNC(=O)C(=O)Nc2ccc(C)cc2)o1. The Morgan fingerprint density at radius 3 is 2.37 bits per heavy atom. The summed E-state index contributed by atoms with van der Waals surface area (Å²) in [5.41, 5.74) is 3.59. The number of amides is 4. The molecule has 4 amide bonds. The summed E-state index contributed by atoms with van der Waals surface area (Å²) in [6, 6.07) is 10.1. The molecule has 1 aromatic carbocycles. The summed E-state index contributed by atoms with van der Waals surface area (Å²) in [6.45, 7) is 5.46.